The normalized spacial score (nSPS) is 18.3. The summed E-state index contributed by atoms with van der Waals surface area (Å²) in [7, 11) is 0. The van der Waals surface area contributed by atoms with Crippen LogP contribution in [-0.2, 0) is 4.79 Å². The molecule has 0 bridgehead atoms. The molecule has 5 heteroatoms. The van der Waals surface area contributed by atoms with E-state index in [1.165, 1.54) is 0 Å². The third-order valence-electron chi connectivity index (χ3n) is 2.40. The summed E-state index contributed by atoms with van der Waals surface area (Å²) in [4.78, 5) is 11.2. The summed E-state index contributed by atoms with van der Waals surface area (Å²) in [6.45, 7) is 0. The molecule has 1 aliphatic heterocycles. The molecule has 0 radical (unpaired) electrons. The minimum absolute atomic E-state index is 0.0150. The summed E-state index contributed by atoms with van der Waals surface area (Å²) in [6, 6.07) is 8.91. The Morgan fingerprint density at radius 2 is 2.12 bits per heavy atom. The van der Waals surface area contributed by atoms with Gasteiger partial charge in [0.15, 0.2) is 0 Å². The van der Waals surface area contributed by atoms with Gasteiger partial charge in [-0.3, -0.25) is 4.79 Å². The number of carbonyl (C=O) groups excluding carboxylic acids is 1. The second-order valence-corrected chi connectivity index (χ2v) is 3.34. The SMILES string of the molecule is N#CC1C(C(N)=O)=C(N)Oc2ccccc21. The number of benzene rings is 1. The molecule has 0 aliphatic carbocycles. The second kappa shape index (κ2) is 3.59. The minimum Gasteiger partial charge on any atom is -0.441 e. The first-order chi connectivity index (χ1) is 7.65. The topological polar surface area (TPSA) is 102 Å². The highest BCUT2D eigenvalue weighted by Gasteiger charge is 2.31. The Bertz CT molecular complexity index is 528. The Labute approximate surface area is 91.9 Å². The quantitative estimate of drug-likeness (QED) is 0.705. The molecular weight excluding hydrogens is 206 g/mol. The zero-order valence-corrected chi connectivity index (χ0v) is 8.31. The van der Waals surface area contributed by atoms with E-state index in [1.54, 1.807) is 24.3 Å². The molecule has 16 heavy (non-hydrogen) atoms. The zero-order valence-electron chi connectivity index (χ0n) is 8.31. The standard InChI is InChI=1S/C11H9N3O2/c12-5-7-6-3-1-2-4-8(6)16-11(14)9(7)10(13)15/h1-4,7H,14H2,(H2,13,15). The van der Waals surface area contributed by atoms with Crippen molar-refractivity contribution >= 4 is 5.91 Å². The molecule has 0 saturated carbocycles. The van der Waals surface area contributed by atoms with Crippen LogP contribution in [0.5, 0.6) is 5.75 Å². The first kappa shape index (κ1) is 10.1. The van der Waals surface area contributed by atoms with E-state index in [-0.39, 0.29) is 11.5 Å². The fourth-order valence-electron chi connectivity index (χ4n) is 1.68. The maximum absolute atomic E-state index is 11.2. The number of rotatable bonds is 1. The molecular formula is C11H9N3O2. The third kappa shape index (κ3) is 1.37. The summed E-state index contributed by atoms with van der Waals surface area (Å²) < 4.78 is 5.24. The third-order valence-corrected chi connectivity index (χ3v) is 2.40. The van der Waals surface area contributed by atoms with Crippen LogP contribution < -0.4 is 16.2 Å². The van der Waals surface area contributed by atoms with E-state index in [1.807, 2.05) is 6.07 Å². The number of carbonyl (C=O) groups is 1. The van der Waals surface area contributed by atoms with Crippen molar-refractivity contribution in [2.75, 3.05) is 0 Å². The molecule has 5 nitrogen and oxygen atoms in total. The highest BCUT2D eigenvalue weighted by molar-refractivity contribution is 5.95. The predicted octanol–water partition coefficient (Wildman–Crippen LogP) is 0.342. The van der Waals surface area contributed by atoms with Crippen LogP contribution in [0.4, 0.5) is 0 Å². The number of primary amides is 1. The van der Waals surface area contributed by atoms with E-state index in [0.717, 1.165) is 0 Å². The molecule has 2 rings (SSSR count). The molecule has 1 heterocycles. The van der Waals surface area contributed by atoms with Gasteiger partial charge in [0.25, 0.3) is 5.91 Å². The van der Waals surface area contributed by atoms with Crippen molar-refractivity contribution in [3.63, 3.8) is 0 Å². The molecule has 80 valence electrons. The predicted molar refractivity (Wildman–Crippen MR) is 55.8 cm³/mol. The average Bonchev–Trinajstić information content (AvgIpc) is 2.26. The Kier molecular flexibility index (Phi) is 2.25. The molecule has 4 N–H and O–H groups in total. The average molecular weight is 215 g/mol. The first-order valence-corrected chi connectivity index (χ1v) is 4.61. The Hall–Kier alpha value is -2.48. The van der Waals surface area contributed by atoms with Crippen LogP contribution in [0.15, 0.2) is 35.7 Å². The molecule has 0 saturated heterocycles. The number of amides is 1. The van der Waals surface area contributed by atoms with E-state index >= 15 is 0 Å². The number of ether oxygens (including phenoxy) is 1. The van der Waals surface area contributed by atoms with Crippen molar-refractivity contribution in [3.05, 3.63) is 41.3 Å². The van der Waals surface area contributed by atoms with Crippen LogP contribution >= 0.6 is 0 Å². The van der Waals surface area contributed by atoms with Crippen LogP contribution in [0.3, 0.4) is 0 Å². The lowest BCUT2D eigenvalue weighted by Crippen LogP contribution is -2.28. The molecule has 1 unspecified atom stereocenters. The van der Waals surface area contributed by atoms with Gasteiger partial charge in [0, 0.05) is 5.56 Å². The van der Waals surface area contributed by atoms with E-state index in [0.29, 0.717) is 11.3 Å². The van der Waals surface area contributed by atoms with Crippen LogP contribution in [-0.4, -0.2) is 5.91 Å². The Morgan fingerprint density at radius 3 is 2.75 bits per heavy atom. The number of nitriles is 1. The minimum atomic E-state index is -0.762. The summed E-state index contributed by atoms with van der Waals surface area (Å²) in [5, 5.41) is 9.07. The summed E-state index contributed by atoms with van der Waals surface area (Å²) in [5.74, 6) is -1.12. The van der Waals surface area contributed by atoms with E-state index in [4.69, 9.17) is 21.5 Å². The summed E-state index contributed by atoms with van der Waals surface area (Å²) in [5.41, 5.74) is 11.4. The number of hydrogen-bond donors (Lipinski definition) is 2. The van der Waals surface area contributed by atoms with Gasteiger partial charge in [-0.05, 0) is 6.07 Å². The largest absolute Gasteiger partial charge is 0.441 e. The van der Waals surface area contributed by atoms with Gasteiger partial charge in [0.2, 0.25) is 5.88 Å². The smallest absolute Gasteiger partial charge is 0.251 e. The lowest BCUT2D eigenvalue weighted by Gasteiger charge is -2.22. The maximum atomic E-state index is 11.2. The van der Waals surface area contributed by atoms with Crippen molar-refractivity contribution in [3.8, 4) is 11.8 Å². The van der Waals surface area contributed by atoms with Gasteiger partial charge < -0.3 is 16.2 Å². The number of para-hydroxylation sites is 1. The zero-order chi connectivity index (χ0) is 11.7. The van der Waals surface area contributed by atoms with E-state index < -0.39 is 11.8 Å². The molecule has 1 amide bonds. The van der Waals surface area contributed by atoms with Gasteiger partial charge in [-0.15, -0.1) is 0 Å². The van der Waals surface area contributed by atoms with Gasteiger partial charge in [0.1, 0.15) is 11.7 Å². The number of nitrogens with zero attached hydrogens (tertiary/aromatic N) is 1. The highest BCUT2D eigenvalue weighted by atomic mass is 16.5. The maximum Gasteiger partial charge on any atom is 0.251 e. The van der Waals surface area contributed by atoms with Gasteiger partial charge in [-0.25, -0.2) is 0 Å². The molecule has 1 aromatic rings. The number of fused-ring (bicyclic) bond motifs is 1. The fraction of sp³-hybridized carbons (Fsp3) is 0.0909. The molecule has 1 aliphatic rings. The lowest BCUT2D eigenvalue weighted by atomic mass is 9.90. The first-order valence-electron chi connectivity index (χ1n) is 4.61. The van der Waals surface area contributed by atoms with Crippen molar-refractivity contribution in [1.29, 1.82) is 5.26 Å². The molecule has 1 atom stereocenters. The van der Waals surface area contributed by atoms with Gasteiger partial charge in [-0.2, -0.15) is 5.26 Å². The molecule has 0 fully saturated rings. The van der Waals surface area contributed by atoms with Crippen LogP contribution in [0.25, 0.3) is 0 Å². The number of nitrogens with two attached hydrogens (primary N) is 2. The van der Waals surface area contributed by atoms with Crippen molar-refractivity contribution in [2.24, 2.45) is 11.5 Å². The van der Waals surface area contributed by atoms with E-state index in [9.17, 15) is 4.79 Å². The van der Waals surface area contributed by atoms with Crippen molar-refractivity contribution in [2.45, 2.75) is 5.92 Å². The molecule has 0 aromatic heterocycles. The Balaban J connectivity index is 2.61. The fourth-order valence-corrected chi connectivity index (χ4v) is 1.68. The number of hydrogen-bond acceptors (Lipinski definition) is 4. The van der Waals surface area contributed by atoms with Crippen LogP contribution in [0.2, 0.25) is 0 Å². The summed E-state index contributed by atoms with van der Waals surface area (Å²) in [6.07, 6.45) is 0. The second-order valence-electron chi connectivity index (χ2n) is 3.34. The van der Waals surface area contributed by atoms with Crippen molar-refractivity contribution < 1.29 is 9.53 Å². The van der Waals surface area contributed by atoms with Gasteiger partial charge in [-0.1, -0.05) is 18.2 Å². The van der Waals surface area contributed by atoms with Crippen LogP contribution in [0.1, 0.15) is 11.5 Å². The highest BCUT2D eigenvalue weighted by Crippen LogP contribution is 2.36. The van der Waals surface area contributed by atoms with Crippen LogP contribution in [0, 0.1) is 11.3 Å². The molecule has 0 spiro atoms. The van der Waals surface area contributed by atoms with E-state index in [2.05, 4.69) is 0 Å². The van der Waals surface area contributed by atoms with Gasteiger partial charge in [0.05, 0.1) is 11.6 Å². The monoisotopic (exact) mass is 215 g/mol. The summed E-state index contributed by atoms with van der Waals surface area (Å²) >= 11 is 0. The van der Waals surface area contributed by atoms with Crippen molar-refractivity contribution in [1.82, 2.24) is 0 Å². The lowest BCUT2D eigenvalue weighted by molar-refractivity contribution is -0.115. The molecule has 1 aromatic carbocycles. The Morgan fingerprint density at radius 1 is 1.44 bits per heavy atom. The van der Waals surface area contributed by atoms with Gasteiger partial charge >= 0.3 is 0 Å².